The van der Waals surface area contributed by atoms with Crippen LogP contribution in [0.15, 0.2) is 67.1 Å². The molecule has 4 rings (SSSR count). The second-order valence-electron chi connectivity index (χ2n) is 8.48. The summed E-state index contributed by atoms with van der Waals surface area (Å²) in [5.74, 6) is 0.616. The minimum atomic E-state index is -0.564. The zero-order valence-electron chi connectivity index (χ0n) is 18.4. The van der Waals surface area contributed by atoms with Crippen molar-refractivity contribution >= 4 is 5.91 Å². The molecule has 0 bridgehead atoms. The number of nitrogens with one attached hydrogen (secondary N) is 1. The number of aliphatic hydroxyl groups excluding tert-OH is 1. The largest absolute Gasteiger partial charge is 0.387 e. The van der Waals surface area contributed by atoms with E-state index in [9.17, 15) is 9.90 Å². The van der Waals surface area contributed by atoms with Crippen molar-refractivity contribution in [1.82, 2.24) is 20.2 Å². The van der Waals surface area contributed by atoms with E-state index in [1.807, 2.05) is 48.5 Å². The van der Waals surface area contributed by atoms with Crippen molar-refractivity contribution in [2.45, 2.75) is 37.8 Å². The first-order valence-corrected chi connectivity index (χ1v) is 11.2. The topological polar surface area (TPSA) is 78.4 Å². The van der Waals surface area contributed by atoms with E-state index in [4.69, 9.17) is 0 Å². The summed E-state index contributed by atoms with van der Waals surface area (Å²) >= 11 is 0. The fourth-order valence-electron chi connectivity index (χ4n) is 3.70. The Hall–Kier alpha value is -3.09. The zero-order valence-corrected chi connectivity index (χ0v) is 18.4. The van der Waals surface area contributed by atoms with Crippen LogP contribution in [0.2, 0.25) is 0 Å². The third kappa shape index (κ3) is 5.99. The lowest BCUT2D eigenvalue weighted by Gasteiger charge is -2.17. The molecular formula is C26H30N4O2. The van der Waals surface area contributed by atoms with Crippen LogP contribution >= 0.6 is 0 Å². The van der Waals surface area contributed by atoms with Crippen LogP contribution in [0.25, 0.3) is 0 Å². The van der Waals surface area contributed by atoms with Crippen LogP contribution in [-0.2, 0) is 13.0 Å². The lowest BCUT2D eigenvalue weighted by Crippen LogP contribution is -2.26. The summed E-state index contributed by atoms with van der Waals surface area (Å²) in [6.07, 6.45) is 8.01. The normalized spacial score (nSPS) is 14.2. The van der Waals surface area contributed by atoms with Crippen molar-refractivity contribution in [2.24, 2.45) is 0 Å². The molecule has 0 aliphatic heterocycles. The van der Waals surface area contributed by atoms with Gasteiger partial charge in [0, 0.05) is 61.5 Å². The van der Waals surface area contributed by atoms with E-state index < -0.39 is 6.10 Å². The van der Waals surface area contributed by atoms with Gasteiger partial charge in [0.2, 0.25) is 0 Å². The third-order valence-corrected chi connectivity index (χ3v) is 5.81. The van der Waals surface area contributed by atoms with Gasteiger partial charge in [0.25, 0.3) is 5.91 Å². The molecule has 1 atom stereocenters. The Morgan fingerprint density at radius 1 is 1.12 bits per heavy atom. The zero-order chi connectivity index (χ0) is 22.3. The number of rotatable bonds is 10. The SMILES string of the molecule is CN(Cc1cccnc1)C(=O)c1ccc(CCNCC(O)c2ccc(C3CC3)nc2)cc1. The highest BCUT2D eigenvalue weighted by atomic mass is 16.3. The summed E-state index contributed by atoms with van der Waals surface area (Å²) in [7, 11) is 1.80. The van der Waals surface area contributed by atoms with E-state index in [0.29, 0.717) is 24.6 Å². The van der Waals surface area contributed by atoms with Crippen LogP contribution in [0, 0.1) is 0 Å². The molecule has 1 fully saturated rings. The molecule has 6 nitrogen and oxygen atoms in total. The van der Waals surface area contributed by atoms with Crippen molar-refractivity contribution in [2.75, 3.05) is 20.1 Å². The molecule has 1 saturated carbocycles. The van der Waals surface area contributed by atoms with E-state index in [1.165, 1.54) is 12.8 Å². The number of carbonyl (C=O) groups is 1. The highest BCUT2D eigenvalue weighted by Gasteiger charge is 2.24. The van der Waals surface area contributed by atoms with Gasteiger partial charge in [-0.2, -0.15) is 0 Å². The number of aliphatic hydroxyl groups is 1. The summed E-state index contributed by atoms with van der Waals surface area (Å²) in [5, 5.41) is 13.7. The maximum atomic E-state index is 12.7. The lowest BCUT2D eigenvalue weighted by atomic mass is 10.1. The van der Waals surface area contributed by atoms with Gasteiger partial charge < -0.3 is 15.3 Å². The monoisotopic (exact) mass is 430 g/mol. The van der Waals surface area contributed by atoms with Gasteiger partial charge in [-0.1, -0.05) is 24.3 Å². The molecule has 0 spiro atoms. The van der Waals surface area contributed by atoms with Gasteiger partial charge >= 0.3 is 0 Å². The number of nitrogens with zero attached hydrogens (tertiary/aromatic N) is 3. The van der Waals surface area contributed by atoms with Crippen LogP contribution in [0.4, 0.5) is 0 Å². The summed E-state index contributed by atoms with van der Waals surface area (Å²) in [4.78, 5) is 22.9. The second-order valence-corrected chi connectivity index (χ2v) is 8.48. The van der Waals surface area contributed by atoms with Crippen molar-refractivity contribution in [3.8, 4) is 0 Å². The Bertz CT molecular complexity index is 1000. The third-order valence-electron chi connectivity index (χ3n) is 5.81. The van der Waals surface area contributed by atoms with Crippen LogP contribution in [-0.4, -0.2) is 46.0 Å². The van der Waals surface area contributed by atoms with E-state index >= 15 is 0 Å². The Balaban J connectivity index is 1.20. The molecular weight excluding hydrogens is 400 g/mol. The van der Waals surface area contributed by atoms with E-state index in [2.05, 4.69) is 15.3 Å². The molecule has 1 aliphatic carbocycles. The molecule has 0 radical (unpaired) electrons. The molecule has 2 aromatic heterocycles. The Kier molecular flexibility index (Phi) is 7.24. The van der Waals surface area contributed by atoms with Gasteiger partial charge in [-0.3, -0.25) is 14.8 Å². The molecule has 1 amide bonds. The maximum absolute atomic E-state index is 12.7. The number of carbonyl (C=O) groups excluding carboxylic acids is 1. The number of benzene rings is 1. The molecule has 0 saturated heterocycles. The molecule has 3 aromatic rings. The summed E-state index contributed by atoms with van der Waals surface area (Å²) < 4.78 is 0. The first kappa shape index (κ1) is 22.1. The lowest BCUT2D eigenvalue weighted by molar-refractivity contribution is 0.0785. The van der Waals surface area contributed by atoms with Crippen molar-refractivity contribution in [3.63, 3.8) is 0 Å². The Morgan fingerprint density at radius 3 is 2.59 bits per heavy atom. The molecule has 1 unspecified atom stereocenters. The second kappa shape index (κ2) is 10.5. The Morgan fingerprint density at radius 2 is 1.94 bits per heavy atom. The molecule has 166 valence electrons. The molecule has 32 heavy (non-hydrogen) atoms. The average Bonchev–Trinajstić information content (AvgIpc) is 3.68. The summed E-state index contributed by atoms with van der Waals surface area (Å²) in [6.45, 7) is 1.76. The average molecular weight is 431 g/mol. The van der Waals surface area contributed by atoms with Crippen LogP contribution in [0.3, 0.4) is 0 Å². The van der Waals surface area contributed by atoms with Crippen LogP contribution in [0.1, 0.15) is 57.6 Å². The molecule has 1 aromatic carbocycles. The van der Waals surface area contributed by atoms with Gasteiger partial charge in [0.1, 0.15) is 0 Å². The van der Waals surface area contributed by atoms with E-state index in [0.717, 1.165) is 35.3 Å². The number of pyridine rings is 2. The molecule has 2 N–H and O–H groups in total. The number of hydrogen-bond acceptors (Lipinski definition) is 5. The number of hydrogen-bond donors (Lipinski definition) is 2. The number of amides is 1. The van der Waals surface area contributed by atoms with E-state index in [-0.39, 0.29) is 5.91 Å². The van der Waals surface area contributed by atoms with Crippen molar-refractivity contribution in [1.29, 1.82) is 0 Å². The minimum absolute atomic E-state index is 0.0111. The smallest absolute Gasteiger partial charge is 0.253 e. The van der Waals surface area contributed by atoms with Crippen molar-refractivity contribution < 1.29 is 9.90 Å². The standard InChI is InChI=1S/C26H30N4O2/c1-30(18-20-3-2-13-27-15-20)26(32)22-6-4-19(5-7-22)12-14-28-17-25(31)23-10-11-24(29-16-23)21-8-9-21/h2-7,10-11,13,15-16,21,25,28,31H,8-9,12,14,17-18H2,1H3. The number of aromatic nitrogens is 2. The van der Waals surface area contributed by atoms with Gasteiger partial charge in [0.15, 0.2) is 0 Å². The molecule has 2 heterocycles. The first-order chi connectivity index (χ1) is 15.6. The Labute approximate surface area is 189 Å². The summed E-state index contributed by atoms with van der Waals surface area (Å²) in [5.41, 5.74) is 4.81. The van der Waals surface area contributed by atoms with E-state index in [1.54, 1.807) is 30.5 Å². The molecule has 6 heteroatoms. The fraction of sp³-hybridized carbons (Fsp3) is 0.346. The highest BCUT2D eigenvalue weighted by molar-refractivity contribution is 5.94. The van der Waals surface area contributed by atoms with Crippen LogP contribution in [0.5, 0.6) is 0 Å². The summed E-state index contributed by atoms with van der Waals surface area (Å²) in [6, 6.07) is 15.6. The first-order valence-electron chi connectivity index (χ1n) is 11.2. The quantitative estimate of drug-likeness (QED) is 0.482. The highest BCUT2D eigenvalue weighted by Crippen LogP contribution is 2.38. The van der Waals surface area contributed by atoms with Gasteiger partial charge in [-0.05, 0) is 61.2 Å². The fourth-order valence-corrected chi connectivity index (χ4v) is 3.70. The molecule has 1 aliphatic rings. The predicted molar refractivity (Wildman–Crippen MR) is 124 cm³/mol. The predicted octanol–water partition coefficient (Wildman–Crippen LogP) is 3.49. The van der Waals surface area contributed by atoms with Gasteiger partial charge in [0.05, 0.1) is 6.10 Å². The van der Waals surface area contributed by atoms with Gasteiger partial charge in [-0.25, -0.2) is 0 Å². The van der Waals surface area contributed by atoms with Crippen molar-refractivity contribution in [3.05, 3.63) is 95.1 Å². The maximum Gasteiger partial charge on any atom is 0.253 e. The van der Waals surface area contributed by atoms with Gasteiger partial charge in [-0.15, -0.1) is 0 Å². The minimum Gasteiger partial charge on any atom is -0.387 e. The van der Waals surface area contributed by atoms with Crippen LogP contribution < -0.4 is 5.32 Å².